The zero-order valence-corrected chi connectivity index (χ0v) is 21.0. The van der Waals surface area contributed by atoms with Gasteiger partial charge in [0.2, 0.25) is 0 Å². The van der Waals surface area contributed by atoms with Crippen LogP contribution in [0.3, 0.4) is 0 Å². The van der Waals surface area contributed by atoms with Crippen molar-refractivity contribution in [1.82, 2.24) is 0 Å². The molecule has 0 spiro atoms. The molecule has 0 radical (unpaired) electrons. The normalized spacial score (nSPS) is 13.7. The van der Waals surface area contributed by atoms with Crippen molar-refractivity contribution in [2.75, 3.05) is 30.6 Å². The highest BCUT2D eigenvalue weighted by atomic mass is 35.5. The maximum Gasteiger partial charge on any atom is 0.156 e. The lowest BCUT2D eigenvalue weighted by Gasteiger charge is -2.27. The highest BCUT2D eigenvalue weighted by Crippen LogP contribution is 2.40. The Morgan fingerprint density at radius 3 is 2.06 bits per heavy atom. The molecule has 0 fully saturated rings. The number of aliphatic hydroxyl groups is 2. The minimum Gasteiger partial charge on any atom is -0.491 e. The van der Waals surface area contributed by atoms with E-state index in [-0.39, 0.29) is 24.5 Å². The summed E-state index contributed by atoms with van der Waals surface area (Å²) in [7, 11) is 0. The van der Waals surface area contributed by atoms with Crippen LogP contribution in [0.15, 0.2) is 36.4 Å². The highest BCUT2D eigenvalue weighted by molar-refractivity contribution is 7.99. The molecule has 2 aromatic rings. The van der Waals surface area contributed by atoms with Crippen LogP contribution in [-0.2, 0) is 5.41 Å². The van der Waals surface area contributed by atoms with Crippen molar-refractivity contribution in [3.8, 4) is 11.5 Å². The number of aliphatic hydroxyl groups excluding tert-OH is 2. The maximum absolute atomic E-state index is 9.93. The predicted molar refractivity (Wildman–Crippen MR) is 132 cm³/mol. The SMILES string of the molecule is CCSC[C@@H](O)COc1ccc(C(C)(C)c2cc(Cl)c(OC[C@H](O)CCl)c(Cl)c2)cc1. The number of hydrogen-bond donors (Lipinski definition) is 2. The van der Waals surface area contributed by atoms with Gasteiger partial charge in [0.1, 0.15) is 25.1 Å². The molecular weight excluding hydrogens is 479 g/mol. The van der Waals surface area contributed by atoms with E-state index in [2.05, 4.69) is 20.8 Å². The van der Waals surface area contributed by atoms with Crippen molar-refractivity contribution < 1.29 is 19.7 Å². The van der Waals surface area contributed by atoms with E-state index in [1.807, 2.05) is 36.4 Å². The molecule has 0 aliphatic rings. The van der Waals surface area contributed by atoms with Gasteiger partial charge < -0.3 is 19.7 Å². The van der Waals surface area contributed by atoms with Gasteiger partial charge in [0.05, 0.1) is 22.0 Å². The Hall–Kier alpha value is -0.820. The molecule has 2 rings (SSSR count). The lowest BCUT2D eigenvalue weighted by Crippen LogP contribution is -2.21. The lowest BCUT2D eigenvalue weighted by atomic mass is 9.78. The molecule has 0 aliphatic carbocycles. The molecule has 0 unspecified atom stereocenters. The number of ether oxygens (including phenoxy) is 2. The van der Waals surface area contributed by atoms with Crippen molar-refractivity contribution in [2.45, 2.75) is 38.4 Å². The Morgan fingerprint density at radius 2 is 1.52 bits per heavy atom. The summed E-state index contributed by atoms with van der Waals surface area (Å²) in [5, 5.41) is 20.3. The standard InChI is InChI=1S/C23H29Cl3O4S/c1-4-31-14-18(28)13-29-19-7-5-15(6-8-19)23(2,3)16-9-20(25)22(21(26)10-16)30-12-17(27)11-24/h5-10,17-18,27-28H,4,11-14H2,1-3H3/t17-,18+/m1/s1. The third-order valence-corrected chi connectivity index (χ3v) is 6.80. The summed E-state index contributed by atoms with van der Waals surface area (Å²) in [6.07, 6.45) is -1.28. The number of hydrogen-bond acceptors (Lipinski definition) is 5. The lowest BCUT2D eigenvalue weighted by molar-refractivity contribution is 0.125. The van der Waals surface area contributed by atoms with E-state index in [9.17, 15) is 10.2 Å². The number of benzene rings is 2. The minimum atomic E-state index is -0.794. The molecule has 0 saturated heterocycles. The molecule has 2 aromatic carbocycles. The first-order chi connectivity index (χ1) is 14.7. The zero-order chi connectivity index (χ0) is 23.0. The maximum atomic E-state index is 9.93. The highest BCUT2D eigenvalue weighted by Gasteiger charge is 2.26. The molecule has 0 heterocycles. The van der Waals surface area contributed by atoms with Crippen molar-refractivity contribution in [3.63, 3.8) is 0 Å². The molecule has 0 amide bonds. The van der Waals surface area contributed by atoms with Gasteiger partial charge in [-0.05, 0) is 41.1 Å². The third kappa shape index (κ3) is 7.62. The van der Waals surface area contributed by atoms with Gasteiger partial charge in [0, 0.05) is 11.2 Å². The van der Waals surface area contributed by atoms with Gasteiger partial charge in [0.15, 0.2) is 5.75 Å². The average Bonchev–Trinajstić information content (AvgIpc) is 2.75. The van der Waals surface area contributed by atoms with Crippen LogP contribution in [0.25, 0.3) is 0 Å². The van der Waals surface area contributed by atoms with Gasteiger partial charge in [-0.25, -0.2) is 0 Å². The first kappa shape index (κ1) is 26.4. The van der Waals surface area contributed by atoms with E-state index in [1.54, 1.807) is 11.8 Å². The molecule has 4 nitrogen and oxygen atoms in total. The Kier molecular flexibility index (Phi) is 10.6. The van der Waals surface area contributed by atoms with Crippen LogP contribution in [0.5, 0.6) is 11.5 Å². The first-order valence-corrected chi connectivity index (χ1v) is 12.5. The fraction of sp³-hybridized carbons (Fsp3) is 0.478. The van der Waals surface area contributed by atoms with Crippen molar-refractivity contribution in [1.29, 1.82) is 0 Å². The zero-order valence-electron chi connectivity index (χ0n) is 17.9. The van der Waals surface area contributed by atoms with E-state index in [0.29, 0.717) is 27.3 Å². The topological polar surface area (TPSA) is 58.9 Å². The molecule has 172 valence electrons. The Morgan fingerprint density at radius 1 is 0.935 bits per heavy atom. The number of rotatable bonds is 12. The molecule has 0 aliphatic heterocycles. The van der Waals surface area contributed by atoms with E-state index in [4.69, 9.17) is 44.3 Å². The van der Waals surface area contributed by atoms with Crippen LogP contribution >= 0.6 is 46.6 Å². The molecule has 0 aromatic heterocycles. The van der Waals surface area contributed by atoms with Gasteiger partial charge in [0.25, 0.3) is 0 Å². The Bertz CT molecular complexity index is 807. The second-order valence-corrected chi connectivity index (χ2v) is 10.1. The number of thioether (sulfide) groups is 1. The van der Waals surface area contributed by atoms with Crippen LogP contribution in [0.1, 0.15) is 31.9 Å². The number of alkyl halides is 1. The van der Waals surface area contributed by atoms with Gasteiger partial charge in [-0.3, -0.25) is 0 Å². The second-order valence-electron chi connectivity index (χ2n) is 7.66. The fourth-order valence-electron chi connectivity index (χ4n) is 2.91. The van der Waals surface area contributed by atoms with E-state index in [1.165, 1.54) is 0 Å². The summed E-state index contributed by atoms with van der Waals surface area (Å²) in [6, 6.07) is 11.4. The first-order valence-electron chi connectivity index (χ1n) is 10.0. The fourth-order valence-corrected chi connectivity index (χ4v) is 4.20. The summed E-state index contributed by atoms with van der Waals surface area (Å²) in [5.41, 5.74) is 1.60. The van der Waals surface area contributed by atoms with Crippen LogP contribution in [0.2, 0.25) is 10.0 Å². The quantitative estimate of drug-likeness (QED) is 0.356. The molecule has 2 atom stereocenters. The Balaban J connectivity index is 2.12. The van der Waals surface area contributed by atoms with E-state index < -0.39 is 12.2 Å². The predicted octanol–water partition coefficient (Wildman–Crippen LogP) is 5.79. The summed E-state index contributed by atoms with van der Waals surface area (Å²) >= 11 is 20.1. The van der Waals surface area contributed by atoms with Gasteiger partial charge in [-0.1, -0.05) is 56.1 Å². The molecule has 31 heavy (non-hydrogen) atoms. The van der Waals surface area contributed by atoms with Crippen LogP contribution < -0.4 is 9.47 Å². The molecule has 0 bridgehead atoms. The smallest absolute Gasteiger partial charge is 0.156 e. The largest absolute Gasteiger partial charge is 0.491 e. The third-order valence-electron chi connectivity index (χ3n) is 4.85. The van der Waals surface area contributed by atoms with Crippen molar-refractivity contribution in [3.05, 3.63) is 57.6 Å². The number of halogens is 3. The van der Waals surface area contributed by atoms with Crippen LogP contribution in [0, 0.1) is 0 Å². The van der Waals surface area contributed by atoms with E-state index >= 15 is 0 Å². The minimum absolute atomic E-state index is 0.0129. The average molecular weight is 508 g/mol. The summed E-state index contributed by atoms with van der Waals surface area (Å²) in [4.78, 5) is 0. The van der Waals surface area contributed by atoms with Gasteiger partial charge >= 0.3 is 0 Å². The van der Waals surface area contributed by atoms with Gasteiger partial charge in [-0.2, -0.15) is 11.8 Å². The molecule has 8 heteroatoms. The van der Waals surface area contributed by atoms with Crippen LogP contribution in [0.4, 0.5) is 0 Å². The molecular formula is C23H29Cl3O4S. The molecule has 0 saturated carbocycles. The summed E-state index contributed by atoms with van der Waals surface area (Å²) in [5.74, 6) is 2.73. The second kappa shape index (κ2) is 12.4. The monoisotopic (exact) mass is 506 g/mol. The van der Waals surface area contributed by atoms with E-state index in [0.717, 1.165) is 16.9 Å². The summed E-state index contributed by atoms with van der Waals surface area (Å²) in [6.45, 7) is 6.49. The van der Waals surface area contributed by atoms with Crippen molar-refractivity contribution in [2.24, 2.45) is 0 Å². The molecule has 2 N–H and O–H groups in total. The Labute approximate surface area is 203 Å². The summed E-state index contributed by atoms with van der Waals surface area (Å²) < 4.78 is 11.2. The van der Waals surface area contributed by atoms with Crippen molar-refractivity contribution >= 4 is 46.6 Å². The van der Waals surface area contributed by atoms with Crippen LogP contribution in [-0.4, -0.2) is 53.0 Å². The van der Waals surface area contributed by atoms with Gasteiger partial charge in [-0.15, -0.1) is 11.6 Å².